The molecule has 1 fully saturated rings. The Labute approximate surface area is 229 Å². The molecular formula is C27H20Br2N2O6. The minimum atomic E-state index is -0.881. The standard InChI is InChI=1S/C27H20Br2N2O6/c1-2-36-26(34)18-6-10-20(11-7-18)31-25(33)21(24(32)30-27(31)35)13-17-5-12-23(22(29)14-17)37-15-16-3-8-19(28)9-4-16/h3-14H,2,15H2,1H3,(H,30,32,35)/b21-13+. The molecule has 188 valence electrons. The molecule has 4 rings (SSSR count). The summed E-state index contributed by atoms with van der Waals surface area (Å²) in [5, 5.41) is 2.18. The number of urea groups is 1. The van der Waals surface area contributed by atoms with E-state index < -0.39 is 23.8 Å². The molecule has 4 amide bonds. The van der Waals surface area contributed by atoms with Gasteiger partial charge < -0.3 is 9.47 Å². The molecule has 0 aliphatic carbocycles. The van der Waals surface area contributed by atoms with Gasteiger partial charge in [-0.3, -0.25) is 14.9 Å². The molecule has 0 spiro atoms. The lowest BCUT2D eigenvalue weighted by Gasteiger charge is -2.26. The van der Waals surface area contributed by atoms with Crippen LogP contribution < -0.4 is 15.0 Å². The highest BCUT2D eigenvalue weighted by molar-refractivity contribution is 9.10. The number of barbiturate groups is 1. The lowest BCUT2D eigenvalue weighted by Crippen LogP contribution is -2.54. The van der Waals surface area contributed by atoms with Crippen molar-refractivity contribution in [1.29, 1.82) is 0 Å². The number of nitrogens with one attached hydrogen (secondary N) is 1. The number of carbonyl (C=O) groups excluding carboxylic acids is 4. The topological polar surface area (TPSA) is 102 Å². The van der Waals surface area contributed by atoms with Gasteiger partial charge in [-0.1, -0.05) is 34.1 Å². The largest absolute Gasteiger partial charge is 0.488 e. The van der Waals surface area contributed by atoms with Gasteiger partial charge in [-0.15, -0.1) is 0 Å². The fourth-order valence-electron chi connectivity index (χ4n) is 3.49. The molecule has 1 aliphatic heterocycles. The summed E-state index contributed by atoms with van der Waals surface area (Å²) >= 11 is 6.86. The van der Waals surface area contributed by atoms with Gasteiger partial charge in [-0.2, -0.15) is 0 Å². The summed E-state index contributed by atoms with van der Waals surface area (Å²) in [5.41, 5.74) is 1.80. The van der Waals surface area contributed by atoms with Gasteiger partial charge in [0.15, 0.2) is 0 Å². The Kier molecular flexibility index (Phi) is 8.20. The van der Waals surface area contributed by atoms with Gasteiger partial charge in [-0.05, 0) is 88.6 Å². The molecule has 37 heavy (non-hydrogen) atoms. The van der Waals surface area contributed by atoms with E-state index >= 15 is 0 Å². The molecule has 0 bridgehead atoms. The van der Waals surface area contributed by atoms with Gasteiger partial charge in [0.2, 0.25) is 0 Å². The van der Waals surface area contributed by atoms with Crippen molar-refractivity contribution in [3.8, 4) is 5.75 Å². The van der Waals surface area contributed by atoms with E-state index in [1.165, 1.54) is 30.3 Å². The van der Waals surface area contributed by atoms with E-state index in [2.05, 4.69) is 37.2 Å². The van der Waals surface area contributed by atoms with E-state index in [1.54, 1.807) is 25.1 Å². The lowest BCUT2D eigenvalue weighted by atomic mass is 10.1. The van der Waals surface area contributed by atoms with E-state index in [-0.39, 0.29) is 23.4 Å². The molecule has 0 radical (unpaired) electrons. The minimum absolute atomic E-state index is 0.201. The summed E-state index contributed by atoms with van der Waals surface area (Å²) in [7, 11) is 0. The van der Waals surface area contributed by atoms with E-state index in [4.69, 9.17) is 9.47 Å². The quantitative estimate of drug-likeness (QED) is 0.207. The number of benzene rings is 3. The van der Waals surface area contributed by atoms with Gasteiger partial charge >= 0.3 is 12.0 Å². The Morgan fingerprint density at radius 2 is 1.68 bits per heavy atom. The molecule has 1 heterocycles. The normalized spacial score (nSPS) is 14.5. The van der Waals surface area contributed by atoms with Crippen LogP contribution in [0.15, 0.2) is 81.2 Å². The van der Waals surface area contributed by atoms with E-state index in [9.17, 15) is 19.2 Å². The summed E-state index contributed by atoms with van der Waals surface area (Å²) in [6.45, 7) is 2.27. The highest BCUT2D eigenvalue weighted by atomic mass is 79.9. The fraction of sp³-hybridized carbons (Fsp3) is 0.111. The molecule has 8 nitrogen and oxygen atoms in total. The molecule has 3 aromatic rings. The van der Waals surface area contributed by atoms with Crippen LogP contribution in [0.4, 0.5) is 10.5 Å². The van der Waals surface area contributed by atoms with Gasteiger partial charge in [0, 0.05) is 4.47 Å². The van der Waals surface area contributed by atoms with Crippen LogP contribution in [0.3, 0.4) is 0 Å². The number of halogens is 2. The van der Waals surface area contributed by atoms with Crippen LogP contribution in [0.25, 0.3) is 6.08 Å². The molecule has 1 saturated heterocycles. The Bertz CT molecular complexity index is 1400. The average molecular weight is 628 g/mol. The Balaban J connectivity index is 1.53. The zero-order valence-electron chi connectivity index (χ0n) is 19.5. The molecule has 0 unspecified atom stereocenters. The van der Waals surface area contributed by atoms with Crippen molar-refractivity contribution >= 4 is 67.4 Å². The average Bonchev–Trinajstić information content (AvgIpc) is 2.87. The maximum atomic E-state index is 13.2. The summed E-state index contributed by atoms with van der Waals surface area (Å²) in [6.07, 6.45) is 1.40. The summed E-state index contributed by atoms with van der Waals surface area (Å²) < 4.78 is 12.4. The van der Waals surface area contributed by atoms with Crippen molar-refractivity contribution in [2.75, 3.05) is 11.5 Å². The van der Waals surface area contributed by atoms with Crippen molar-refractivity contribution in [3.63, 3.8) is 0 Å². The Morgan fingerprint density at radius 3 is 2.32 bits per heavy atom. The van der Waals surface area contributed by atoms with Crippen molar-refractivity contribution in [2.24, 2.45) is 0 Å². The summed E-state index contributed by atoms with van der Waals surface area (Å²) in [6, 6.07) is 17.8. The Hall–Kier alpha value is -3.76. The molecule has 1 N–H and O–H groups in total. The van der Waals surface area contributed by atoms with Crippen LogP contribution in [0.1, 0.15) is 28.4 Å². The lowest BCUT2D eigenvalue weighted by molar-refractivity contribution is -0.122. The molecular weight excluding hydrogens is 608 g/mol. The van der Waals surface area contributed by atoms with Crippen LogP contribution in [0.5, 0.6) is 5.75 Å². The highest BCUT2D eigenvalue weighted by Gasteiger charge is 2.36. The predicted octanol–water partition coefficient (Wildman–Crippen LogP) is 5.63. The zero-order valence-corrected chi connectivity index (χ0v) is 22.7. The number of carbonyl (C=O) groups is 4. The summed E-state index contributed by atoms with van der Waals surface area (Å²) in [4.78, 5) is 50.8. The van der Waals surface area contributed by atoms with Gasteiger partial charge in [0.1, 0.15) is 17.9 Å². The SMILES string of the molecule is CCOC(=O)c1ccc(N2C(=O)NC(=O)/C(=C\c3ccc(OCc4ccc(Br)cc4)c(Br)c3)C2=O)cc1. The number of rotatable bonds is 7. The van der Waals surface area contributed by atoms with Gasteiger partial charge in [-0.25, -0.2) is 14.5 Å². The number of hydrogen-bond acceptors (Lipinski definition) is 6. The second-order valence-electron chi connectivity index (χ2n) is 7.83. The second kappa shape index (κ2) is 11.5. The molecule has 0 atom stereocenters. The highest BCUT2D eigenvalue weighted by Crippen LogP contribution is 2.29. The zero-order chi connectivity index (χ0) is 26.5. The third-order valence-corrected chi connectivity index (χ3v) is 6.46. The molecule has 1 aliphatic rings. The first-order valence-corrected chi connectivity index (χ1v) is 12.7. The number of ether oxygens (including phenoxy) is 2. The minimum Gasteiger partial charge on any atom is -0.488 e. The monoisotopic (exact) mass is 626 g/mol. The maximum absolute atomic E-state index is 13.2. The third-order valence-electron chi connectivity index (χ3n) is 5.31. The fourth-order valence-corrected chi connectivity index (χ4v) is 4.26. The second-order valence-corrected chi connectivity index (χ2v) is 9.60. The maximum Gasteiger partial charge on any atom is 0.338 e. The van der Waals surface area contributed by atoms with Crippen molar-refractivity contribution in [3.05, 3.63) is 97.9 Å². The number of nitrogens with zero attached hydrogens (tertiary/aromatic N) is 1. The van der Waals surface area contributed by atoms with Crippen LogP contribution in [-0.4, -0.2) is 30.4 Å². The van der Waals surface area contributed by atoms with Crippen molar-refractivity contribution in [1.82, 2.24) is 5.32 Å². The van der Waals surface area contributed by atoms with E-state index in [1.807, 2.05) is 24.3 Å². The number of amides is 4. The number of hydrogen-bond donors (Lipinski definition) is 1. The number of esters is 1. The number of imide groups is 2. The van der Waals surface area contributed by atoms with E-state index in [0.29, 0.717) is 22.4 Å². The molecule has 0 saturated carbocycles. The third kappa shape index (κ3) is 6.15. The van der Waals surface area contributed by atoms with Crippen LogP contribution >= 0.6 is 31.9 Å². The molecule has 3 aromatic carbocycles. The van der Waals surface area contributed by atoms with Crippen LogP contribution in [-0.2, 0) is 20.9 Å². The van der Waals surface area contributed by atoms with Crippen LogP contribution in [0, 0.1) is 0 Å². The predicted molar refractivity (Wildman–Crippen MR) is 144 cm³/mol. The summed E-state index contributed by atoms with van der Waals surface area (Å²) in [5.74, 6) is -1.53. The Morgan fingerprint density at radius 1 is 0.973 bits per heavy atom. The first-order chi connectivity index (χ1) is 17.8. The van der Waals surface area contributed by atoms with Crippen LogP contribution in [0.2, 0.25) is 0 Å². The van der Waals surface area contributed by atoms with Crippen molar-refractivity contribution in [2.45, 2.75) is 13.5 Å². The van der Waals surface area contributed by atoms with Gasteiger partial charge in [0.05, 0.1) is 22.3 Å². The number of anilines is 1. The van der Waals surface area contributed by atoms with Gasteiger partial charge in [0.25, 0.3) is 11.8 Å². The molecule has 0 aromatic heterocycles. The molecule has 10 heteroatoms. The smallest absolute Gasteiger partial charge is 0.338 e. The van der Waals surface area contributed by atoms with E-state index in [0.717, 1.165) is 14.9 Å². The van der Waals surface area contributed by atoms with Crippen molar-refractivity contribution < 1.29 is 28.7 Å². The first kappa shape index (κ1) is 26.3. The first-order valence-electron chi connectivity index (χ1n) is 11.1.